The normalized spacial score (nSPS) is 17.9. The van der Waals surface area contributed by atoms with E-state index in [1.54, 1.807) is 7.05 Å². The van der Waals surface area contributed by atoms with Gasteiger partial charge in [-0.2, -0.15) is 5.10 Å². The van der Waals surface area contributed by atoms with E-state index in [2.05, 4.69) is 40.0 Å². The van der Waals surface area contributed by atoms with Gasteiger partial charge in [0.15, 0.2) is 0 Å². The van der Waals surface area contributed by atoms with E-state index in [4.69, 9.17) is 9.84 Å². The maximum absolute atomic E-state index is 12.7. The van der Waals surface area contributed by atoms with Gasteiger partial charge in [-0.15, -0.1) is 0 Å². The van der Waals surface area contributed by atoms with E-state index in [1.807, 2.05) is 24.3 Å². The Morgan fingerprint density at radius 3 is 2.34 bits per heavy atom. The van der Waals surface area contributed by atoms with Crippen LogP contribution in [0.15, 0.2) is 54.7 Å². The zero-order chi connectivity index (χ0) is 24.5. The summed E-state index contributed by atoms with van der Waals surface area (Å²) in [5.74, 6) is -1.67. The number of amides is 2. The summed E-state index contributed by atoms with van der Waals surface area (Å²) in [6.45, 7) is 0.570. The summed E-state index contributed by atoms with van der Waals surface area (Å²) in [4.78, 5) is 36.1. The maximum Gasteiger partial charge on any atom is 0.407 e. The first-order valence-electron chi connectivity index (χ1n) is 11.5. The lowest BCUT2D eigenvalue weighted by Crippen LogP contribution is -2.31. The second-order valence-corrected chi connectivity index (χ2v) is 8.97. The molecule has 2 aliphatic carbocycles. The van der Waals surface area contributed by atoms with Gasteiger partial charge in [0.1, 0.15) is 12.3 Å². The standard InChI is InChI=1S/C26H26N4O5/c1-30-23(24(31)27-11-15-10-21(15)25(32)33)16(13-29-30)12-28-26(34)35-14-22-19-8-4-2-6-17(19)18-7-3-5-9-20(18)22/h2-9,13,15,21-22H,10-12,14H2,1H3,(H,27,31)(H,28,34)(H,32,33)/t15-,21-/m0/s1. The number of aryl methyl sites for hydroxylation is 1. The highest BCUT2D eigenvalue weighted by Crippen LogP contribution is 2.44. The molecule has 0 aliphatic heterocycles. The molecule has 1 saturated carbocycles. The van der Waals surface area contributed by atoms with Crippen molar-refractivity contribution >= 4 is 18.0 Å². The van der Waals surface area contributed by atoms with Crippen molar-refractivity contribution in [1.82, 2.24) is 20.4 Å². The van der Waals surface area contributed by atoms with Gasteiger partial charge in [-0.3, -0.25) is 14.3 Å². The summed E-state index contributed by atoms with van der Waals surface area (Å²) in [7, 11) is 1.64. The summed E-state index contributed by atoms with van der Waals surface area (Å²) in [6.07, 6.45) is 1.51. The number of carbonyl (C=O) groups is 3. The van der Waals surface area contributed by atoms with Crippen LogP contribution in [0, 0.1) is 11.8 Å². The van der Waals surface area contributed by atoms with Crippen molar-refractivity contribution in [2.45, 2.75) is 18.9 Å². The number of carboxylic acids is 1. The highest BCUT2D eigenvalue weighted by molar-refractivity contribution is 5.94. The third-order valence-electron chi connectivity index (χ3n) is 6.76. The molecule has 1 aromatic heterocycles. The fraction of sp³-hybridized carbons (Fsp3) is 0.308. The minimum absolute atomic E-state index is 0.0371. The number of nitrogens with zero attached hydrogens (tertiary/aromatic N) is 2. The van der Waals surface area contributed by atoms with Crippen molar-refractivity contribution in [1.29, 1.82) is 0 Å². The molecule has 9 heteroatoms. The Bertz CT molecular complexity index is 1250. The van der Waals surface area contributed by atoms with Gasteiger partial charge in [-0.05, 0) is 34.6 Å². The molecule has 3 aromatic rings. The van der Waals surface area contributed by atoms with Crippen molar-refractivity contribution in [2.24, 2.45) is 18.9 Å². The topological polar surface area (TPSA) is 123 Å². The molecular formula is C26H26N4O5. The molecule has 0 bridgehead atoms. The molecule has 3 N–H and O–H groups in total. The summed E-state index contributed by atoms with van der Waals surface area (Å²) < 4.78 is 6.99. The number of carboxylic acid groups (broad SMARTS) is 1. The van der Waals surface area contributed by atoms with Crippen LogP contribution in [0.4, 0.5) is 4.79 Å². The van der Waals surface area contributed by atoms with E-state index in [0.717, 1.165) is 22.3 Å². The van der Waals surface area contributed by atoms with E-state index >= 15 is 0 Å². The maximum atomic E-state index is 12.7. The first kappa shape index (κ1) is 22.6. The number of benzene rings is 2. The molecule has 9 nitrogen and oxygen atoms in total. The average molecular weight is 475 g/mol. The molecule has 2 aliphatic rings. The van der Waals surface area contributed by atoms with Crippen molar-refractivity contribution in [3.05, 3.63) is 77.1 Å². The van der Waals surface area contributed by atoms with Gasteiger partial charge in [-0.1, -0.05) is 48.5 Å². The molecule has 180 valence electrons. The molecular weight excluding hydrogens is 448 g/mol. The van der Waals surface area contributed by atoms with E-state index < -0.39 is 18.0 Å². The Hall–Kier alpha value is -4.14. The Morgan fingerprint density at radius 1 is 1.06 bits per heavy atom. The number of fused-ring (bicyclic) bond motifs is 3. The molecule has 2 aromatic carbocycles. The molecule has 1 fully saturated rings. The fourth-order valence-electron chi connectivity index (χ4n) is 4.81. The molecule has 35 heavy (non-hydrogen) atoms. The highest BCUT2D eigenvalue weighted by atomic mass is 16.5. The highest BCUT2D eigenvalue weighted by Gasteiger charge is 2.43. The predicted molar refractivity (Wildman–Crippen MR) is 127 cm³/mol. The summed E-state index contributed by atoms with van der Waals surface area (Å²) >= 11 is 0. The number of ether oxygens (including phenoxy) is 1. The zero-order valence-corrected chi connectivity index (χ0v) is 19.2. The lowest BCUT2D eigenvalue weighted by atomic mass is 9.98. The van der Waals surface area contributed by atoms with E-state index in [9.17, 15) is 14.4 Å². The van der Waals surface area contributed by atoms with Crippen molar-refractivity contribution in [3.63, 3.8) is 0 Å². The average Bonchev–Trinajstić information content (AvgIpc) is 3.46. The van der Waals surface area contributed by atoms with Crippen LogP contribution in [-0.2, 0) is 23.1 Å². The lowest BCUT2D eigenvalue weighted by molar-refractivity contribution is -0.138. The SMILES string of the molecule is Cn1ncc(CNC(=O)OCC2c3ccccc3-c3ccccc32)c1C(=O)NC[C@@H]1C[C@@H]1C(=O)O. The second-order valence-electron chi connectivity index (χ2n) is 8.97. The van der Waals surface area contributed by atoms with Crippen LogP contribution in [0.5, 0.6) is 0 Å². The van der Waals surface area contributed by atoms with Crippen LogP contribution in [0.1, 0.15) is 39.5 Å². The van der Waals surface area contributed by atoms with Crippen molar-refractivity contribution in [2.75, 3.05) is 13.2 Å². The third-order valence-corrected chi connectivity index (χ3v) is 6.76. The van der Waals surface area contributed by atoms with Gasteiger partial charge in [0.05, 0.1) is 18.7 Å². The number of alkyl carbamates (subject to hydrolysis) is 1. The minimum atomic E-state index is -0.835. The van der Waals surface area contributed by atoms with Crippen LogP contribution in [0.3, 0.4) is 0 Å². The Labute approximate surface area is 202 Å². The Morgan fingerprint density at radius 2 is 1.71 bits per heavy atom. The van der Waals surface area contributed by atoms with E-state index in [-0.39, 0.29) is 30.9 Å². The van der Waals surface area contributed by atoms with Gasteiger partial charge < -0.3 is 20.5 Å². The molecule has 0 spiro atoms. The summed E-state index contributed by atoms with van der Waals surface area (Å²) in [6, 6.07) is 16.2. The minimum Gasteiger partial charge on any atom is -0.481 e. The van der Waals surface area contributed by atoms with Crippen LogP contribution in [0.2, 0.25) is 0 Å². The van der Waals surface area contributed by atoms with Crippen molar-refractivity contribution < 1.29 is 24.2 Å². The molecule has 5 rings (SSSR count). The van der Waals surface area contributed by atoms with Crippen molar-refractivity contribution in [3.8, 4) is 11.1 Å². The summed E-state index contributed by atoms with van der Waals surface area (Å²) in [5.41, 5.74) is 5.44. The molecule has 2 atom stereocenters. The van der Waals surface area contributed by atoms with E-state index in [1.165, 1.54) is 10.9 Å². The Balaban J connectivity index is 1.17. The van der Waals surface area contributed by atoms with Crippen LogP contribution >= 0.6 is 0 Å². The number of aromatic nitrogens is 2. The van der Waals surface area contributed by atoms with Crippen LogP contribution in [0.25, 0.3) is 11.1 Å². The zero-order valence-electron chi connectivity index (χ0n) is 19.2. The van der Waals surface area contributed by atoms with Gasteiger partial charge in [-0.25, -0.2) is 4.79 Å². The number of rotatable bonds is 8. The number of hydrogen-bond acceptors (Lipinski definition) is 5. The molecule has 0 saturated heterocycles. The number of aliphatic carboxylic acids is 1. The van der Waals surface area contributed by atoms with Gasteiger partial charge in [0, 0.05) is 25.1 Å². The van der Waals surface area contributed by atoms with Gasteiger partial charge >= 0.3 is 12.1 Å². The second kappa shape index (κ2) is 9.25. The molecule has 0 radical (unpaired) electrons. The monoisotopic (exact) mass is 474 g/mol. The summed E-state index contributed by atoms with van der Waals surface area (Å²) in [5, 5.41) is 18.6. The van der Waals surface area contributed by atoms with Crippen LogP contribution < -0.4 is 10.6 Å². The smallest absolute Gasteiger partial charge is 0.407 e. The molecule has 1 heterocycles. The largest absolute Gasteiger partial charge is 0.481 e. The predicted octanol–water partition coefficient (Wildman–Crippen LogP) is 2.91. The molecule has 0 unspecified atom stereocenters. The Kier molecular flexibility index (Phi) is 5.98. The van der Waals surface area contributed by atoms with E-state index in [0.29, 0.717) is 24.2 Å². The first-order valence-corrected chi connectivity index (χ1v) is 11.5. The van der Waals surface area contributed by atoms with Gasteiger partial charge in [0.25, 0.3) is 5.91 Å². The first-order chi connectivity index (χ1) is 16.9. The van der Waals surface area contributed by atoms with Gasteiger partial charge in [0.2, 0.25) is 0 Å². The lowest BCUT2D eigenvalue weighted by Gasteiger charge is -2.14. The molecule has 2 amide bonds. The number of hydrogen-bond donors (Lipinski definition) is 3. The third kappa shape index (κ3) is 4.49. The fourth-order valence-corrected chi connectivity index (χ4v) is 4.81. The number of carbonyl (C=O) groups excluding carboxylic acids is 2. The quantitative estimate of drug-likeness (QED) is 0.461. The number of nitrogens with one attached hydrogen (secondary N) is 2. The van der Waals surface area contributed by atoms with Crippen LogP contribution in [-0.4, -0.2) is 46.0 Å².